The lowest BCUT2D eigenvalue weighted by Gasteiger charge is -2.29. The summed E-state index contributed by atoms with van der Waals surface area (Å²) >= 11 is 0. The largest absolute Gasteiger partial charge is 0.810 e. The Morgan fingerprint density at radius 3 is 1.94 bits per heavy atom. The molecule has 1 aliphatic rings. The van der Waals surface area contributed by atoms with Crippen LogP contribution in [0.5, 0.6) is 0 Å². The molecule has 176 valence electrons. The molecular formula is C25H21NO7P-3. The monoisotopic (exact) mass is 478 g/mol. The van der Waals surface area contributed by atoms with E-state index in [4.69, 9.17) is 4.74 Å². The second-order valence-corrected chi connectivity index (χ2v) is 9.67. The number of benzene rings is 3. The Morgan fingerprint density at radius 2 is 1.41 bits per heavy atom. The van der Waals surface area contributed by atoms with Gasteiger partial charge < -0.3 is 34.3 Å². The first-order valence-electron chi connectivity index (χ1n) is 10.6. The molecular weight excluding hydrogens is 457 g/mol. The zero-order chi connectivity index (χ0) is 24.3. The molecule has 0 aliphatic heterocycles. The summed E-state index contributed by atoms with van der Waals surface area (Å²) in [5, 5.41) is 13.9. The van der Waals surface area contributed by atoms with Crippen LogP contribution in [-0.2, 0) is 26.7 Å². The molecule has 0 spiro atoms. The summed E-state index contributed by atoms with van der Waals surface area (Å²) < 4.78 is 16.3. The maximum atomic E-state index is 12.4. The highest BCUT2D eigenvalue weighted by Crippen LogP contribution is 2.44. The fourth-order valence-corrected chi connectivity index (χ4v) is 4.87. The number of amides is 1. The average Bonchev–Trinajstić information content (AvgIpc) is 3.11. The molecule has 0 radical (unpaired) electrons. The standard InChI is InChI=1S/C25H24NO7P/c27-24(28)23(13-16-9-11-17(12-10-16)15-34(30,31)32)26-25(29)33-14-22-20-7-3-1-5-18(20)19-6-2-4-8-21(19)22/h1-12,22-23H,13-15H2,(H,26,29)(H,27,28)(H2,30,31,32)/p-3/t23-/m1/s1. The topological polar surface area (TPSA) is 142 Å². The minimum atomic E-state index is -4.70. The van der Waals surface area contributed by atoms with Gasteiger partial charge in [0.25, 0.3) is 0 Å². The number of hydrogen-bond acceptors (Lipinski definition) is 7. The number of nitrogens with one attached hydrogen (secondary N) is 1. The maximum absolute atomic E-state index is 12.4. The Hall–Kier alpha value is -3.45. The normalized spacial score (nSPS) is 13.6. The first-order valence-corrected chi connectivity index (χ1v) is 12.4. The minimum absolute atomic E-state index is 0.0404. The van der Waals surface area contributed by atoms with Crippen molar-refractivity contribution in [3.63, 3.8) is 0 Å². The van der Waals surface area contributed by atoms with Crippen molar-refractivity contribution < 1.29 is 33.8 Å². The van der Waals surface area contributed by atoms with Gasteiger partial charge in [-0.25, -0.2) is 4.79 Å². The van der Waals surface area contributed by atoms with Gasteiger partial charge in [-0.15, -0.1) is 0 Å². The van der Waals surface area contributed by atoms with Crippen molar-refractivity contribution >= 4 is 19.7 Å². The Labute approximate surface area is 196 Å². The fraction of sp³-hybridized carbons (Fsp3) is 0.200. The van der Waals surface area contributed by atoms with Crippen LogP contribution in [0.1, 0.15) is 28.2 Å². The lowest BCUT2D eigenvalue weighted by Crippen LogP contribution is -2.49. The Morgan fingerprint density at radius 1 is 0.882 bits per heavy atom. The number of aliphatic carboxylic acids is 1. The minimum Gasteiger partial charge on any atom is -0.810 e. The van der Waals surface area contributed by atoms with Crippen LogP contribution < -0.4 is 20.2 Å². The quantitative estimate of drug-likeness (QED) is 0.481. The molecule has 0 unspecified atom stereocenters. The van der Waals surface area contributed by atoms with Gasteiger partial charge in [-0.1, -0.05) is 80.4 Å². The van der Waals surface area contributed by atoms with Gasteiger partial charge in [0.2, 0.25) is 0 Å². The molecule has 0 saturated heterocycles. The molecule has 0 bridgehead atoms. The van der Waals surface area contributed by atoms with Gasteiger partial charge in [-0.05, 0) is 39.8 Å². The smallest absolute Gasteiger partial charge is 0.407 e. The number of alkyl carbamates (subject to hydrolysis) is 1. The van der Waals surface area contributed by atoms with Crippen LogP contribution >= 0.6 is 7.60 Å². The first-order chi connectivity index (χ1) is 16.2. The predicted molar refractivity (Wildman–Crippen MR) is 118 cm³/mol. The number of carboxylic acid groups (broad SMARTS) is 1. The molecule has 0 saturated carbocycles. The molecule has 8 nitrogen and oxygen atoms in total. The predicted octanol–water partition coefficient (Wildman–Crippen LogP) is 1.30. The Balaban J connectivity index is 1.39. The van der Waals surface area contributed by atoms with Crippen molar-refractivity contribution in [1.29, 1.82) is 0 Å². The van der Waals surface area contributed by atoms with Crippen LogP contribution in [0.2, 0.25) is 0 Å². The highest BCUT2D eigenvalue weighted by molar-refractivity contribution is 7.47. The molecule has 9 heteroatoms. The third-order valence-corrected chi connectivity index (χ3v) is 6.51. The van der Waals surface area contributed by atoms with Crippen LogP contribution in [0, 0.1) is 0 Å². The van der Waals surface area contributed by atoms with E-state index in [0.29, 0.717) is 11.1 Å². The molecule has 0 heterocycles. The van der Waals surface area contributed by atoms with Gasteiger partial charge in [0.15, 0.2) is 0 Å². The summed E-state index contributed by atoms with van der Waals surface area (Å²) in [6, 6.07) is 20.2. The van der Waals surface area contributed by atoms with Crippen molar-refractivity contribution in [3.05, 3.63) is 95.1 Å². The number of hydrogen-bond donors (Lipinski definition) is 1. The summed E-state index contributed by atoms with van der Waals surface area (Å²) in [4.78, 5) is 45.8. The summed E-state index contributed by atoms with van der Waals surface area (Å²) in [7, 11) is -4.70. The molecule has 0 aromatic heterocycles. The molecule has 0 fully saturated rings. The van der Waals surface area contributed by atoms with Crippen molar-refractivity contribution in [2.45, 2.75) is 24.5 Å². The number of rotatable bonds is 8. The van der Waals surface area contributed by atoms with Crippen molar-refractivity contribution in [3.8, 4) is 11.1 Å². The van der Waals surface area contributed by atoms with Crippen LogP contribution in [0.4, 0.5) is 4.79 Å². The van der Waals surface area contributed by atoms with Crippen LogP contribution in [0.3, 0.4) is 0 Å². The van der Waals surface area contributed by atoms with Gasteiger partial charge in [0.05, 0.1) is 12.0 Å². The zero-order valence-electron chi connectivity index (χ0n) is 18.0. The molecule has 34 heavy (non-hydrogen) atoms. The summed E-state index contributed by atoms with van der Waals surface area (Å²) in [5.41, 5.74) is 5.04. The number of carbonyl (C=O) groups excluding carboxylic acids is 2. The third-order valence-electron chi connectivity index (χ3n) is 5.76. The Bertz CT molecular complexity index is 1210. The van der Waals surface area contributed by atoms with E-state index < -0.39 is 31.9 Å². The number of ether oxygens (including phenoxy) is 1. The second kappa shape index (κ2) is 9.81. The highest BCUT2D eigenvalue weighted by Gasteiger charge is 2.29. The van der Waals surface area contributed by atoms with Crippen LogP contribution in [0.15, 0.2) is 72.8 Å². The van der Waals surface area contributed by atoms with E-state index in [1.54, 1.807) is 0 Å². The molecule has 4 rings (SSSR count). The van der Waals surface area contributed by atoms with Gasteiger partial charge in [-0.2, -0.15) is 0 Å². The van der Waals surface area contributed by atoms with Crippen LogP contribution in [-0.4, -0.2) is 24.7 Å². The Kier molecular flexibility index (Phi) is 6.84. The van der Waals surface area contributed by atoms with Crippen molar-refractivity contribution in [2.75, 3.05) is 6.61 Å². The van der Waals surface area contributed by atoms with Crippen molar-refractivity contribution in [1.82, 2.24) is 5.32 Å². The average molecular weight is 478 g/mol. The van der Waals surface area contributed by atoms with E-state index in [2.05, 4.69) is 5.32 Å². The third kappa shape index (κ3) is 5.54. The van der Waals surface area contributed by atoms with Crippen LogP contribution in [0.25, 0.3) is 11.1 Å². The van der Waals surface area contributed by atoms with Crippen molar-refractivity contribution in [2.24, 2.45) is 0 Å². The first kappa shape index (κ1) is 23.7. The van der Waals surface area contributed by atoms with E-state index in [-0.39, 0.29) is 18.9 Å². The van der Waals surface area contributed by atoms with Gasteiger partial charge in [0, 0.05) is 12.1 Å². The SMILES string of the molecule is O=C(N[C@H](Cc1ccc(CP(=O)([O-])[O-])cc1)C(=O)[O-])OCC1c2ccccc2-c2ccccc21. The highest BCUT2D eigenvalue weighted by atomic mass is 31.2. The molecule has 1 aliphatic carbocycles. The summed E-state index contributed by atoms with van der Waals surface area (Å²) in [5.74, 6) is -1.65. The second-order valence-electron chi connectivity index (χ2n) is 8.13. The number of carbonyl (C=O) groups is 2. The molecule has 1 N–H and O–H groups in total. The van der Waals surface area contributed by atoms with E-state index in [1.807, 2.05) is 48.5 Å². The molecule has 1 atom stereocenters. The van der Waals surface area contributed by atoms with Gasteiger partial charge in [0.1, 0.15) is 6.61 Å². The maximum Gasteiger partial charge on any atom is 0.407 e. The molecule has 3 aromatic carbocycles. The van der Waals surface area contributed by atoms with Gasteiger partial charge in [-0.3, -0.25) is 0 Å². The van der Waals surface area contributed by atoms with E-state index >= 15 is 0 Å². The molecule has 3 aromatic rings. The lowest BCUT2D eigenvalue weighted by molar-refractivity contribution is -0.314. The van der Waals surface area contributed by atoms with E-state index in [1.165, 1.54) is 24.3 Å². The zero-order valence-corrected chi connectivity index (χ0v) is 18.9. The van der Waals surface area contributed by atoms with Gasteiger partial charge >= 0.3 is 6.09 Å². The summed E-state index contributed by atoms with van der Waals surface area (Å²) in [6.07, 6.45) is -1.61. The summed E-state index contributed by atoms with van der Waals surface area (Å²) in [6.45, 7) is 0.0404. The van der Waals surface area contributed by atoms with E-state index in [9.17, 15) is 29.0 Å². The number of fused-ring (bicyclic) bond motifs is 3. The lowest BCUT2D eigenvalue weighted by atomic mass is 9.98. The molecule has 1 amide bonds. The fourth-order valence-electron chi connectivity index (χ4n) is 4.22. The van der Waals surface area contributed by atoms with E-state index in [0.717, 1.165) is 22.3 Å². The number of carboxylic acids is 1.